The SMILES string of the molecule is COc1ccc(OC)c(NC2=C(Cl)C(=O)C(C)=C(C)C2=O)c1. The highest BCUT2D eigenvalue weighted by Gasteiger charge is 2.30. The van der Waals surface area contributed by atoms with Gasteiger partial charge in [-0.25, -0.2) is 0 Å². The molecule has 0 saturated heterocycles. The van der Waals surface area contributed by atoms with E-state index in [0.29, 0.717) is 28.3 Å². The first-order chi connectivity index (χ1) is 10.4. The molecule has 22 heavy (non-hydrogen) atoms. The predicted molar refractivity (Wildman–Crippen MR) is 84.4 cm³/mol. The summed E-state index contributed by atoms with van der Waals surface area (Å²) in [5, 5.41) is 2.77. The van der Waals surface area contributed by atoms with Crippen molar-refractivity contribution in [2.24, 2.45) is 0 Å². The van der Waals surface area contributed by atoms with E-state index < -0.39 is 0 Å². The fourth-order valence-corrected chi connectivity index (χ4v) is 2.34. The van der Waals surface area contributed by atoms with E-state index in [2.05, 4.69) is 5.32 Å². The average molecular weight is 322 g/mol. The van der Waals surface area contributed by atoms with Crippen LogP contribution in [0.4, 0.5) is 5.69 Å². The van der Waals surface area contributed by atoms with Crippen molar-refractivity contribution in [3.8, 4) is 11.5 Å². The molecule has 116 valence electrons. The van der Waals surface area contributed by atoms with Gasteiger partial charge in [-0.1, -0.05) is 11.6 Å². The van der Waals surface area contributed by atoms with E-state index in [1.54, 1.807) is 32.0 Å². The van der Waals surface area contributed by atoms with Crippen molar-refractivity contribution in [1.82, 2.24) is 0 Å². The number of ether oxygens (including phenoxy) is 2. The quantitative estimate of drug-likeness (QED) is 0.863. The second-order valence-electron chi connectivity index (χ2n) is 4.79. The van der Waals surface area contributed by atoms with Crippen molar-refractivity contribution in [2.45, 2.75) is 13.8 Å². The van der Waals surface area contributed by atoms with Crippen LogP contribution in [0.15, 0.2) is 40.1 Å². The molecule has 1 aromatic carbocycles. The second-order valence-corrected chi connectivity index (χ2v) is 5.17. The van der Waals surface area contributed by atoms with Gasteiger partial charge in [0.25, 0.3) is 0 Å². The maximum atomic E-state index is 12.4. The van der Waals surface area contributed by atoms with Gasteiger partial charge in [-0.3, -0.25) is 9.59 Å². The number of nitrogens with one attached hydrogen (secondary N) is 1. The minimum absolute atomic E-state index is 0.0429. The molecule has 0 heterocycles. The Labute approximate surface area is 133 Å². The number of hydrogen-bond acceptors (Lipinski definition) is 5. The van der Waals surface area contributed by atoms with Gasteiger partial charge >= 0.3 is 0 Å². The van der Waals surface area contributed by atoms with E-state index in [9.17, 15) is 9.59 Å². The summed E-state index contributed by atoms with van der Waals surface area (Å²) >= 11 is 6.05. The van der Waals surface area contributed by atoms with Crippen molar-refractivity contribution >= 4 is 28.9 Å². The normalized spacial score (nSPS) is 15.3. The molecular weight excluding hydrogens is 306 g/mol. The van der Waals surface area contributed by atoms with E-state index in [1.165, 1.54) is 14.2 Å². The largest absolute Gasteiger partial charge is 0.497 e. The number of halogens is 1. The molecule has 0 atom stereocenters. The lowest BCUT2D eigenvalue weighted by atomic mass is 9.94. The van der Waals surface area contributed by atoms with Crippen LogP contribution in [0, 0.1) is 0 Å². The Balaban J connectivity index is 2.46. The molecule has 0 radical (unpaired) electrons. The second kappa shape index (κ2) is 6.23. The van der Waals surface area contributed by atoms with Crippen molar-refractivity contribution in [1.29, 1.82) is 0 Å². The minimum atomic E-state index is -0.358. The van der Waals surface area contributed by atoms with Crippen molar-refractivity contribution in [3.05, 3.63) is 40.1 Å². The number of benzene rings is 1. The fraction of sp³-hybridized carbons (Fsp3) is 0.250. The van der Waals surface area contributed by atoms with E-state index in [4.69, 9.17) is 21.1 Å². The zero-order chi connectivity index (χ0) is 16.4. The van der Waals surface area contributed by atoms with Crippen LogP contribution in [-0.2, 0) is 9.59 Å². The smallest absolute Gasteiger partial charge is 0.206 e. The standard InChI is InChI=1S/C16H16ClNO4/c1-8-9(2)16(20)14(13(17)15(8)19)18-11-7-10(21-3)5-6-12(11)22-4/h5-7,18H,1-4H3. The molecule has 1 aliphatic rings. The summed E-state index contributed by atoms with van der Waals surface area (Å²) in [7, 11) is 3.04. The third-order valence-electron chi connectivity index (χ3n) is 3.56. The molecule has 1 aromatic rings. The number of carbonyl (C=O) groups is 2. The minimum Gasteiger partial charge on any atom is -0.497 e. The Morgan fingerprint density at radius 3 is 2.23 bits per heavy atom. The number of Topliss-reactive ketones (excluding diaryl/α,β-unsaturated/α-hetero) is 2. The predicted octanol–water partition coefficient (Wildman–Crippen LogP) is 3.05. The van der Waals surface area contributed by atoms with Crippen LogP contribution in [0.2, 0.25) is 0 Å². The monoisotopic (exact) mass is 321 g/mol. The molecule has 6 heteroatoms. The topological polar surface area (TPSA) is 64.6 Å². The Hall–Kier alpha value is -2.27. The average Bonchev–Trinajstić information content (AvgIpc) is 2.54. The number of allylic oxidation sites excluding steroid dienone is 3. The third kappa shape index (κ3) is 2.72. The zero-order valence-corrected chi connectivity index (χ0v) is 13.5. The molecule has 0 bridgehead atoms. The number of ketones is 2. The van der Waals surface area contributed by atoms with Gasteiger partial charge < -0.3 is 14.8 Å². The van der Waals surface area contributed by atoms with Crippen molar-refractivity contribution in [2.75, 3.05) is 19.5 Å². The number of hydrogen-bond donors (Lipinski definition) is 1. The number of rotatable bonds is 4. The molecule has 0 unspecified atom stereocenters. The maximum absolute atomic E-state index is 12.4. The molecule has 5 nitrogen and oxygen atoms in total. The van der Waals surface area contributed by atoms with Crippen molar-refractivity contribution in [3.63, 3.8) is 0 Å². The van der Waals surface area contributed by atoms with Crippen LogP contribution in [-0.4, -0.2) is 25.8 Å². The lowest BCUT2D eigenvalue weighted by Gasteiger charge is -2.20. The van der Waals surface area contributed by atoms with Gasteiger partial charge in [0, 0.05) is 17.2 Å². The van der Waals surface area contributed by atoms with E-state index in [1.807, 2.05) is 0 Å². The van der Waals surface area contributed by atoms with Crippen LogP contribution in [0.25, 0.3) is 0 Å². The van der Waals surface area contributed by atoms with E-state index in [0.717, 1.165) is 0 Å². The highest BCUT2D eigenvalue weighted by atomic mass is 35.5. The molecule has 1 N–H and O–H groups in total. The van der Waals surface area contributed by atoms with Gasteiger partial charge in [0.05, 0.1) is 19.9 Å². The highest BCUT2D eigenvalue weighted by Crippen LogP contribution is 2.33. The van der Waals surface area contributed by atoms with Gasteiger partial charge in [-0.05, 0) is 26.0 Å². The van der Waals surface area contributed by atoms with E-state index >= 15 is 0 Å². The molecule has 1 aliphatic carbocycles. The lowest BCUT2D eigenvalue weighted by Crippen LogP contribution is -2.24. The Bertz CT molecular complexity index is 719. The molecular formula is C16H16ClNO4. The van der Waals surface area contributed by atoms with Crippen LogP contribution in [0.1, 0.15) is 13.8 Å². The molecule has 0 saturated carbocycles. The van der Waals surface area contributed by atoms with Gasteiger partial charge in [0.1, 0.15) is 22.2 Å². The van der Waals surface area contributed by atoms with Crippen molar-refractivity contribution < 1.29 is 19.1 Å². The summed E-state index contributed by atoms with van der Waals surface area (Å²) in [6, 6.07) is 5.08. The van der Waals surface area contributed by atoms with E-state index in [-0.39, 0.29) is 22.3 Å². The van der Waals surface area contributed by atoms with Crippen LogP contribution < -0.4 is 14.8 Å². The van der Waals surface area contributed by atoms with Crippen LogP contribution in [0.3, 0.4) is 0 Å². The Morgan fingerprint density at radius 1 is 1.00 bits per heavy atom. The number of carbonyl (C=O) groups excluding carboxylic acids is 2. The molecule has 0 fully saturated rings. The van der Waals surface area contributed by atoms with Gasteiger partial charge in [0.15, 0.2) is 0 Å². The Kier molecular flexibility index (Phi) is 4.56. The first kappa shape index (κ1) is 16.1. The van der Waals surface area contributed by atoms with Gasteiger partial charge in [0.2, 0.25) is 11.6 Å². The first-order valence-corrected chi connectivity index (χ1v) is 6.94. The molecule has 0 aliphatic heterocycles. The Morgan fingerprint density at radius 2 is 1.64 bits per heavy atom. The summed E-state index contributed by atoms with van der Waals surface area (Å²) in [5.74, 6) is 0.412. The molecule has 0 aromatic heterocycles. The van der Waals surface area contributed by atoms with Crippen LogP contribution >= 0.6 is 11.6 Å². The summed E-state index contributed by atoms with van der Waals surface area (Å²) in [6.45, 7) is 3.18. The van der Waals surface area contributed by atoms with Gasteiger partial charge in [-0.2, -0.15) is 0 Å². The number of methoxy groups -OCH3 is 2. The summed E-state index contributed by atoms with van der Waals surface area (Å²) < 4.78 is 10.4. The lowest BCUT2D eigenvalue weighted by molar-refractivity contribution is -0.116. The molecule has 0 amide bonds. The zero-order valence-electron chi connectivity index (χ0n) is 12.7. The third-order valence-corrected chi connectivity index (χ3v) is 3.92. The highest BCUT2D eigenvalue weighted by molar-refractivity contribution is 6.49. The summed E-state index contributed by atoms with van der Waals surface area (Å²) in [4.78, 5) is 24.4. The summed E-state index contributed by atoms with van der Waals surface area (Å²) in [6.07, 6.45) is 0. The molecule has 2 rings (SSSR count). The first-order valence-electron chi connectivity index (χ1n) is 6.56. The van der Waals surface area contributed by atoms with Crippen LogP contribution in [0.5, 0.6) is 11.5 Å². The fourth-order valence-electron chi connectivity index (χ4n) is 2.06. The summed E-state index contributed by atoms with van der Waals surface area (Å²) in [5.41, 5.74) is 1.27. The molecule has 0 spiro atoms. The van der Waals surface area contributed by atoms with Gasteiger partial charge in [-0.15, -0.1) is 0 Å². The number of anilines is 1. The maximum Gasteiger partial charge on any atom is 0.206 e.